The zero-order chi connectivity index (χ0) is 33.6. The molecule has 0 N–H and O–H groups in total. The van der Waals surface area contributed by atoms with Gasteiger partial charge in [-0.15, -0.1) is 0 Å². The van der Waals surface area contributed by atoms with Crippen LogP contribution in [0.5, 0.6) is 0 Å². The monoisotopic (exact) mass is 662 g/mol. The molecule has 1 unspecified atom stereocenters. The van der Waals surface area contributed by atoms with Gasteiger partial charge in [0.1, 0.15) is 11.6 Å². The summed E-state index contributed by atoms with van der Waals surface area (Å²) in [6, 6.07) is 22.2. The number of aromatic nitrogens is 1. The lowest BCUT2D eigenvalue weighted by atomic mass is 9.92. The highest BCUT2D eigenvalue weighted by Crippen LogP contribution is 2.38. The van der Waals surface area contributed by atoms with Gasteiger partial charge in [-0.05, 0) is 98.1 Å². The Kier molecular flexibility index (Phi) is 8.61. The highest BCUT2D eigenvalue weighted by Gasteiger charge is 2.33. The van der Waals surface area contributed by atoms with Crippen molar-refractivity contribution in [3.8, 4) is 11.1 Å². The molecular weight excluding hydrogens is 631 g/mol. The van der Waals surface area contributed by atoms with Crippen LogP contribution >= 0.6 is 0 Å². The van der Waals surface area contributed by atoms with Gasteiger partial charge in [0.15, 0.2) is 19.7 Å². The van der Waals surface area contributed by atoms with E-state index in [1.807, 2.05) is 24.3 Å². The predicted octanol–water partition coefficient (Wildman–Crippen LogP) is 7.27. The zero-order valence-electron chi connectivity index (χ0n) is 25.8. The van der Waals surface area contributed by atoms with E-state index in [4.69, 9.17) is 0 Å². The second kappa shape index (κ2) is 12.0. The first kappa shape index (κ1) is 32.9. The number of sulfone groups is 2. The molecule has 7 nitrogen and oxygen atoms in total. The quantitative estimate of drug-likeness (QED) is 0.173. The van der Waals surface area contributed by atoms with Crippen LogP contribution in [0.4, 0.5) is 14.5 Å². The fourth-order valence-electron chi connectivity index (χ4n) is 5.25. The number of nitrogens with zero attached hydrogens (tertiary/aromatic N) is 2. The molecule has 5 rings (SSSR count). The minimum atomic E-state index is -3.53. The molecule has 4 aromatic carbocycles. The fraction of sp³-hybridized carbons (Fsp3) is 0.200. The summed E-state index contributed by atoms with van der Waals surface area (Å²) in [5.74, 6) is -2.63. The summed E-state index contributed by atoms with van der Waals surface area (Å²) in [5.41, 5.74) is 3.19. The van der Waals surface area contributed by atoms with Gasteiger partial charge in [0.2, 0.25) is 0 Å². The Balaban J connectivity index is 1.66. The van der Waals surface area contributed by atoms with Crippen molar-refractivity contribution in [2.45, 2.75) is 36.5 Å². The van der Waals surface area contributed by atoms with E-state index in [1.54, 1.807) is 51.2 Å². The van der Waals surface area contributed by atoms with Crippen LogP contribution in [0.15, 0.2) is 102 Å². The van der Waals surface area contributed by atoms with E-state index in [0.29, 0.717) is 39.5 Å². The number of fused-ring (bicyclic) bond motifs is 1. The van der Waals surface area contributed by atoms with Crippen LogP contribution in [-0.4, -0.2) is 40.2 Å². The van der Waals surface area contributed by atoms with E-state index in [-0.39, 0.29) is 10.5 Å². The third-order valence-electron chi connectivity index (χ3n) is 8.32. The van der Waals surface area contributed by atoms with Gasteiger partial charge in [0.25, 0.3) is 5.91 Å². The normalized spacial score (nSPS) is 13.0. The molecule has 238 valence electrons. The van der Waals surface area contributed by atoms with Gasteiger partial charge >= 0.3 is 0 Å². The van der Waals surface area contributed by atoms with Crippen LogP contribution in [0.3, 0.4) is 0 Å². The van der Waals surface area contributed by atoms with Crippen molar-refractivity contribution in [1.29, 1.82) is 0 Å². The van der Waals surface area contributed by atoms with Gasteiger partial charge in [-0.2, -0.15) is 0 Å². The maximum atomic E-state index is 14.9. The number of hydrogen-bond donors (Lipinski definition) is 0. The third-order valence-corrected chi connectivity index (χ3v) is 11.5. The number of anilines is 1. The van der Waals surface area contributed by atoms with E-state index < -0.39 is 48.0 Å². The molecule has 0 radical (unpaired) electrons. The van der Waals surface area contributed by atoms with Crippen molar-refractivity contribution in [2.75, 3.05) is 17.4 Å². The Morgan fingerprint density at radius 2 is 1.54 bits per heavy atom. The number of benzene rings is 4. The van der Waals surface area contributed by atoms with Crippen molar-refractivity contribution in [3.63, 3.8) is 0 Å². The standard InChI is InChI=1S/C35H32F2N2O5S2/c1-22(39(28-12-14-29(15-13-28)45(4,41)42)34(40)30-16-11-27(36)21-32(30)37)23-8-6-9-24(18-23)31-20-26(35(2,3)46(5,43)44)19-25-10-7-17-38-33(25)31/h6-22H,1-5H3. The van der Waals surface area contributed by atoms with Crippen LogP contribution in [-0.2, 0) is 24.4 Å². The van der Waals surface area contributed by atoms with Crippen LogP contribution < -0.4 is 4.90 Å². The SMILES string of the molecule is CC(c1cccc(-c2cc(C(C)(C)S(C)(=O)=O)cc3cccnc23)c1)N(C(=O)c1ccc(F)cc1F)c1ccc(S(C)(=O)=O)cc1. The van der Waals surface area contributed by atoms with E-state index in [2.05, 4.69) is 4.98 Å². The Bertz CT molecular complexity index is 2200. The van der Waals surface area contributed by atoms with E-state index >= 15 is 0 Å². The van der Waals surface area contributed by atoms with Crippen molar-refractivity contribution >= 4 is 42.2 Å². The van der Waals surface area contributed by atoms with Crippen LogP contribution in [0.1, 0.15) is 48.3 Å². The highest BCUT2D eigenvalue weighted by molar-refractivity contribution is 7.91. The first-order valence-electron chi connectivity index (χ1n) is 14.3. The van der Waals surface area contributed by atoms with Crippen LogP contribution in [0.25, 0.3) is 22.0 Å². The summed E-state index contributed by atoms with van der Waals surface area (Å²) in [5, 5.41) is 0.750. The predicted molar refractivity (Wildman–Crippen MR) is 176 cm³/mol. The average Bonchev–Trinajstić information content (AvgIpc) is 2.99. The van der Waals surface area contributed by atoms with Crippen molar-refractivity contribution in [3.05, 3.63) is 126 Å². The number of carbonyl (C=O) groups excluding carboxylic acids is 1. The molecule has 46 heavy (non-hydrogen) atoms. The maximum absolute atomic E-state index is 14.9. The van der Waals surface area contributed by atoms with Crippen LogP contribution in [0, 0.1) is 11.6 Å². The molecule has 1 atom stereocenters. The minimum absolute atomic E-state index is 0.0440. The molecule has 0 bridgehead atoms. The highest BCUT2D eigenvalue weighted by atomic mass is 32.2. The maximum Gasteiger partial charge on any atom is 0.261 e. The second-order valence-electron chi connectivity index (χ2n) is 11.7. The average molecular weight is 663 g/mol. The van der Waals surface area contributed by atoms with Gasteiger partial charge < -0.3 is 4.90 Å². The molecule has 0 spiro atoms. The molecule has 1 heterocycles. The summed E-state index contributed by atoms with van der Waals surface area (Å²) < 4.78 is 77.2. The molecule has 0 saturated heterocycles. The number of hydrogen-bond acceptors (Lipinski definition) is 6. The number of carbonyl (C=O) groups is 1. The number of halogens is 2. The van der Waals surface area contributed by atoms with Crippen molar-refractivity contribution < 1.29 is 30.4 Å². The molecule has 0 fully saturated rings. The lowest BCUT2D eigenvalue weighted by Gasteiger charge is -2.30. The number of amides is 1. The lowest BCUT2D eigenvalue weighted by Crippen LogP contribution is -2.34. The number of rotatable bonds is 8. The van der Waals surface area contributed by atoms with Gasteiger partial charge in [-0.1, -0.05) is 24.3 Å². The Hall–Kier alpha value is -4.48. The molecule has 0 aliphatic heterocycles. The van der Waals surface area contributed by atoms with Crippen LogP contribution in [0.2, 0.25) is 0 Å². The fourth-order valence-corrected chi connectivity index (χ4v) is 6.43. The summed E-state index contributed by atoms with van der Waals surface area (Å²) in [6.07, 6.45) is 3.91. The Labute approximate surface area is 267 Å². The number of pyridine rings is 1. The molecule has 0 aliphatic carbocycles. The smallest absolute Gasteiger partial charge is 0.261 e. The first-order chi connectivity index (χ1) is 21.5. The molecule has 5 aromatic rings. The molecule has 0 aliphatic rings. The van der Waals surface area contributed by atoms with Gasteiger partial charge in [-0.25, -0.2) is 25.6 Å². The topological polar surface area (TPSA) is 101 Å². The summed E-state index contributed by atoms with van der Waals surface area (Å²) >= 11 is 0. The van der Waals surface area contributed by atoms with Gasteiger partial charge in [0, 0.05) is 41.4 Å². The Morgan fingerprint density at radius 1 is 0.848 bits per heavy atom. The van der Waals surface area contributed by atoms with Crippen molar-refractivity contribution in [1.82, 2.24) is 4.98 Å². The van der Waals surface area contributed by atoms with Gasteiger partial charge in [0.05, 0.1) is 26.8 Å². The summed E-state index contributed by atoms with van der Waals surface area (Å²) in [7, 11) is -7.03. The molecular formula is C35H32F2N2O5S2. The first-order valence-corrected chi connectivity index (χ1v) is 18.1. The lowest BCUT2D eigenvalue weighted by molar-refractivity contribution is 0.0974. The van der Waals surface area contributed by atoms with E-state index in [1.165, 1.54) is 35.4 Å². The largest absolute Gasteiger partial charge is 0.301 e. The third kappa shape index (κ3) is 6.29. The van der Waals surface area contributed by atoms with Crippen molar-refractivity contribution in [2.24, 2.45) is 0 Å². The molecule has 1 amide bonds. The second-order valence-corrected chi connectivity index (χ2v) is 16.3. The molecule has 11 heteroatoms. The molecule has 0 saturated carbocycles. The summed E-state index contributed by atoms with van der Waals surface area (Å²) in [4.78, 5) is 19.9. The summed E-state index contributed by atoms with van der Waals surface area (Å²) in [6.45, 7) is 5.03. The van der Waals surface area contributed by atoms with E-state index in [0.717, 1.165) is 23.8 Å². The van der Waals surface area contributed by atoms with E-state index in [9.17, 15) is 30.4 Å². The minimum Gasteiger partial charge on any atom is -0.301 e. The zero-order valence-corrected chi connectivity index (χ0v) is 27.5. The molecule has 1 aromatic heterocycles. The van der Waals surface area contributed by atoms with Gasteiger partial charge in [-0.3, -0.25) is 9.78 Å². The Morgan fingerprint density at radius 3 is 2.17 bits per heavy atom.